The van der Waals surface area contributed by atoms with E-state index in [0.717, 1.165) is 25.7 Å². The van der Waals surface area contributed by atoms with Gasteiger partial charge in [0, 0.05) is 37.0 Å². The van der Waals surface area contributed by atoms with E-state index in [2.05, 4.69) is 54.5 Å². The van der Waals surface area contributed by atoms with Gasteiger partial charge in [0.1, 0.15) is 48.1 Å². The predicted molar refractivity (Wildman–Crippen MR) is 366 cm³/mol. The first-order valence-corrected chi connectivity index (χ1v) is 36.6. The van der Waals surface area contributed by atoms with E-state index in [1.54, 1.807) is 98.7 Å². The van der Waals surface area contributed by atoms with Gasteiger partial charge >= 0.3 is 18.3 Å². The van der Waals surface area contributed by atoms with Crippen molar-refractivity contribution in [2.45, 2.75) is 207 Å². The van der Waals surface area contributed by atoms with Gasteiger partial charge in [-0.1, -0.05) is 72.9 Å². The number of sulfonamides is 3. The van der Waals surface area contributed by atoms with E-state index in [1.807, 2.05) is 16.9 Å². The van der Waals surface area contributed by atoms with Crippen LogP contribution in [0.15, 0.2) is 137 Å². The number of carbonyl (C=O) groups is 9. The number of hydrogen-bond acceptors (Lipinski definition) is 18. The molecule has 0 unspecified atom stereocenters. The second-order valence-corrected chi connectivity index (χ2v) is 32.2. The number of para-hydroxylation sites is 3. The van der Waals surface area contributed by atoms with E-state index in [0.29, 0.717) is 32.1 Å². The molecule has 0 spiro atoms. The monoisotopic (exact) mass is 1420 g/mol. The van der Waals surface area contributed by atoms with Crippen LogP contribution in [-0.2, 0) is 73.0 Å². The van der Waals surface area contributed by atoms with Crippen molar-refractivity contribution in [3.05, 3.63) is 122 Å². The molecule has 2 aliphatic heterocycles. The van der Waals surface area contributed by atoms with Gasteiger partial charge in [0.2, 0.25) is 17.7 Å². The number of carbonyl (C=O) groups excluding carboxylic acids is 9. The van der Waals surface area contributed by atoms with Crippen LogP contribution < -0.4 is 46.1 Å². The molecule has 534 valence electrons. The van der Waals surface area contributed by atoms with E-state index in [-0.39, 0.29) is 99.8 Å². The Morgan fingerprint density at radius 1 is 0.592 bits per heavy atom. The predicted octanol–water partition coefficient (Wildman–Crippen LogP) is 9.33. The molecule has 5 aliphatic rings. The highest BCUT2D eigenvalue weighted by molar-refractivity contribution is 7.90. The summed E-state index contributed by atoms with van der Waals surface area (Å²) in [4.78, 5) is 112. The number of rotatable bonds is 13. The van der Waals surface area contributed by atoms with Crippen LogP contribution in [0.2, 0.25) is 0 Å². The van der Waals surface area contributed by atoms with Gasteiger partial charge in [0.05, 0.1) is 17.1 Å². The summed E-state index contributed by atoms with van der Waals surface area (Å²) in [6.45, 7) is 22.5. The Balaban J connectivity index is 0.000000232. The number of amides is 9. The van der Waals surface area contributed by atoms with Crippen molar-refractivity contribution in [2.75, 3.05) is 16.0 Å². The number of allylic oxidation sites excluding steroid dienone is 3. The fourth-order valence-electron chi connectivity index (χ4n) is 10.5. The molecule has 27 nitrogen and oxygen atoms in total. The van der Waals surface area contributed by atoms with Crippen molar-refractivity contribution in [3.63, 3.8) is 0 Å². The van der Waals surface area contributed by atoms with Crippen LogP contribution in [0, 0.1) is 17.8 Å². The van der Waals surface area contributed by atoms with Crippen LogP contribution in [0.1, 0.15) is 159 Å². The number of benzene rings is 3. The largest absolute Gasteiger partial charge is 0.444 e. The van der Waals surface area contributed by atoms with Crippen LogP contribution in [0.4, 0.5) is 31.4 Å². The van der Waals surface area contributed by atoms with E-state index < -0.39 is 105 Å². The lowest BCUT2D eigenvalue weighted by Gasteiger charge is -2.24. The average molecular weight is 1420 g/mol. The van der Waals surface area contributed by atoms with Gasteiger partial charge in [0.25, 0.3) is 47.8 Å². The molecule has 9 amide bonds. The van der Waals surface area contributed by atoms with Gasteiger partial charge in [-0.15, -0.1) is 13.2 Å². The Hall–Kier alpha value is -8.90. The molecule has 98 heavy (non-hydrogen) atoms. The molecule has 3 aliphatic carbocycles. The molecule has 0 radical (unpaired) electrons. The highest BCUT2D eigenvalue weighted by atomic mass is 32.2. The van der Waals surface area contributed by atoms with Gasteiger partial charge in [-0.3, -0.25) is 28.8 Å². The maximum absolute atomic E-state index is 13.1. The molecule has 6 atom stereocenters. The van der Waals surface area contributed by atoms with Crippen molar-refractivity contribution >= 4 is 101 Å². The normalized spacial score (nSPS) is 24.2. The van der Waals surface area contributed by atoms with Crippen molar-refractivity contribution < 1.29 is 82.6 Å². The number of anilines is 3. The molecule has 0 bridgehead atoms. The molecule has 0 saturated heterocycles. The molecule has 0 aromatic heterocycles. The number of ether oxygens (including phenoxy) is 3. The Kier molecular flexibility index (Phi) is 25.7. The average Bonchev–Trinajstić information content (AvgIpc) is 1.59. The summed E-state index contributed by atoms with van der Waals surface area (Å²) >= 11 is 0. The Morgan fingerprint density at radius 3 is 1.45 bits per heavy atom. The third-order valence-corrected chi connectivity index (χ3v) is 19.8. The van der Waals surface area contributed by atoms with Crippen molar-refractivity contribution in [1.29, 1.82) is 0 Å². The smallest absolute Gasteiger partial charge is 0.408 e. The van der Waals surface area contributed by atoms with Crippen LogP contribution >= 0.6 is 0 Å². The van der Waals surface area contributed by atoms with Gasteiger partial charge in [-0.05, 0) is 176 Å². The number of nitrogens with one attached hydrogen (secondary N) is 9. The van der Waals surface area contributed by atoms with Crippen molar-refractivity contribution in [1.82, 2.24) is 30.1 Å². The van der Waals surface area contributed by atoms with E-state index in [1.165, 1.54) is 60.7 Å². The Labute approximate surface area is 573 Å². The molecular formula is C68H91N9O18S3. The lowest BCUT2D eigenvalue weighted by atomic mass is 10.1. The highest BCUT2D eigenvalue weighted by Crippen LogP contribution is 2.48. The first-order chi connectivity index (χ1) is 45.7. The molecule has 3 aromatic carbocycles. The second-order valence-electron chi connectivity index (χ2n) is 27.3. The zero-order valence-electron chi connectivity index (χ0n) is 56.7. The standard InChI is InChI=1S/C24H33N3O6S.2C22H29N3O6S/c1-6-8-9-10-15-20(28)25-18-13-11-12-14-19(18)34(31,32)27-21(29)24(16-17(24)7-2)26-22(30)33-23(3,4)5;2*1-21(2,3)31-20(28)24-22-14-15(22)10-6-4-5-7-13-18(26)23-16-11-8-9-12-17(16)32(29,30)25-19(22)27/h6-7,11-14,17H,1-2,8-10,15-16H2,3-5H3,(H,25,28)(H,26,30)(H,27,29);2*6,8-12,15H,4-5,7,13-14H2,1-3H3,(H,23,26)(H,24,28)(H,25,27)/b;10-6+;10-6-/t17-,24-;2*15-,22-/m111/s1. The van der Waals surface area contributed by atoms with Gasteiger partial charge in [-0.2, -0.15) is 0 Å². The van der Waals surface area contributed by atoms with E-state index in [4.69, 9.17) is 14.2 Å². The topological polar surface area (TPSA) is 392 Å². The number of fused-ring (bicyclic) bond motifs is 4. The van der Waals surface area contributed by atoms with E-state index >= 15 is 0 Å². The summed E-state index contributed by atoms with van der Waals surface area (Å²) in [5.41, 5.74) is -6.45. The van der Waals surface area contributed by atoms with Crippen LogP contribution in [0.25, 0.3) is 0 Å². The third kappa shape index (κ3) is 22.3. The van der Waals surface area contributed by atoms with Gasteiger partial charge in [0.15, 0.2) is 0 Å². The minimum absolute atomic E-state index is 0.0572. The molecule has 2 heterocycles. The number of hydrogen-bond donors (Lipinski definition) is 9. The molecule has 3 saturated carbocycles. The molecule has 8 rings (SSSR count). The van der Waals surface area contributed by atoms with Gasteiger partial charge in [-0.25, -0.2) is 53.8 Å². The minimum atomic E-state index is -4.36. The molecular weight excluding hydrogens is 1330 g/mol. The van der Waals surface area contributed by atoms with Crippen LogP contribution in [0.3, 0.4) is 0 Å². The fraction of sp³-hybridized carbons (Fsp3) is 0.485. The molecule has 3 aromatic rings. The number of alkyl carbamates (subject to hydrolysis) is 3. The Morgan fingerprint density at radius 2 is 1.02 bits per heavy atom. The van der Waals surface area contributed by atoms with Crippen molar-refractivity contribution in [2.24, 2.45) is 17.8 Å². The summed E-state index contributed by atoms with van der Waals surface area (Å²) in [5.74, 6) is -4.75. The third-order valence-electron chi connectivity index (χ3n) is 15.6. The molecule has 9 N–H and O–H groups in total. The molecule has 30 heteroatoms. The maximum atomic E-state index is 13.1. The SMILES string of the molecule is C=CCCCCC(=O)Nc1ccccc1S(=O)(=O)NC(=O)[C@@]1(NC(=O)OC(C)(C)C)C[C@H]1C=C.CC(C)(C)OC(=O)N[C@]12C[C@H]1/C=C/CCCCC(=O)Nc1ccccc1S(=O)(=O)NC2=O.CC(C)(C)OC(=O)N[C@]12C[C@H]1/C=C\CCCCC(=O)Nc1ccccc1S(=O)(=O)NC2=O. The van der Waals surface area contributed by atoms with Crippen molar-refractivity contribution in [3.8, 4) is 0 Å². The Bertz CT molecular complexity index is 3780. The van der Waals surface area contributed by atoms with Crippen LogP contribution in [0.5, 0.6) is 0 Å². The lowest BCUT2D eigenvalue weighted by Crippen LogP contribution is -2.52. The van der Waals surface area contributed by atoms with Crippen LogP contribution in [-0.4, -0.2) is 112 Å². The minimum Gasteiger partial charge on any atom is -0.444 e. The summed E-state index contributed by atoms with van der Waals surface area (Å²) in [6, 6.07) is 17.5. The van der Waals surface area contributed by atoms with E-state index in [9.17, 15) is 68.4 Å². The first-order valence-electron chi connectivity index (χ1n) is 32.2. The quantitative estimate of drug-likeness (QED) is 0.0437. The summed E-state index contributed by atoms with van der Waals surface area (Å²) in [7, 11) is -13.0. The fourth-order valence-corrected chi connectivity index (χ4v) is 14.1. The first kappa shape index (κ1) is 78.1. The highest BCUT2D eigenvalue weighted by Gasteiger charge is 2.63. The lowest BCUT2D eigenvalue weighted by molar-refractivity contribution is -0.123. The summed E-state index contributed by atoms with van der Waals surface area (Å²) in [6.07, 6.45) is 16.0. The summed E-state index contributed by atoms with van der Waals surface area (Å²) in [5, 5.41) is 15.5. The zero-order valence-corrected chi connectivity index (χ0v) is 59.2. The molecule has 3 fully saturated rings. The number of unbranched alkanes of at least 4 members (excludes halogenated alkanes) is 2. The second kappa shape index (κ2) is 32.2. The summed E-state index contributed by atoms with van der Waals surface area (Å²) < 4.78 is 100. The van der Waals surface area contributed by atoms with Gasteiger partial charge < -0.3 is 46.1 Å². The maximum Gasteiger partial charge on any atom is 0.408 e. The zero-order chi connectivity index (χ0) is 72.7.